The first-order valence-electron chi connectivity index (χ1n) is 11.2. The first-order valence-corrected chi connectivity index (χ1v) is 13.1. The normalized spacial score (nSPS) is 13.7. The molecule has 0 saturated heterocycles. The molecule has 1 N–H and O–H groups in total. The molecule has 0 aliphatic rings. The van der Waals surface area contributed by atoms with Gasteiger partial charge in [0, 0.05) is 13.0 Å². The van der Waals surface area contributed by atoms with Gasteiger partial charge in [0.1, 0.15) is 11.9 Å². The average Bonchev–Trinajstić information content (AvgIpc) is 2.80. The fraction of sp³-hybridized carbons (Fsp3) is 0.286. The lowest BCUT2D eigenvalue weighted by Crippen LogP contribution is -2.66. The van der Waals surface area contributed by atoms with E-state index in [9.17, 15) is 9.50 Å². The molecule has 0 bridgehead atoms. The number of aliphatic hydroxyl groups is 1. The summed E-state index contributed by atoms with van der Waals surface area (Å²) in [5.41, 5.74) is 0.909. The fourth-order valence-corrected chi connectivity index (χ4v) is 8.82. The van der Waals surface area contributed by atoms with Gasteiger partial charge in [0.15, 0.2) is 0 Å². The number of aliphatic hydroxyl groups excluding tert-OH is 1. The smallest absolute Gasteiger partial charge is 0.261 e. The molecule has 0 amide bonds. The lowest BCUT2D eigenvalue weighted by Gasteiger charge is -2.43. The van der Waals surface area contributed by atoms with Crippen molar-refractivity contribution in [2.75, 3.05) is 6.61 Å². The Morgan fingerprint density at radius 1 is 0.875 bits per heavy atom. The molecule has 0 aliphatic carbocycles. The van der Waals surface area contributed by atoms with Crippen molar-refractivity contribution < 1.29 is 13.9 Å². The standard InChI is InChI=1S/C28H33FO2Si/c1-28(2,3)32(24-16-9-5-10-17-24,25-18-11-6-12-19-25)31-21-13-20-26(29)27(30)22-23-14-7-4-8-15-23/h4-12,14-20,27,30H,13,21-22H2,1-3H3/b26-20-. The van der Waals surface area contributed by atoms with E-state index in [-0.39, 0.29) is 11.5 Å². The quantitative estimate of drug-likeness (QED) is 0.350. The molecule has 0 aliphatic heterocycles. The van der Waals surface area contributed by atoms with Crippen LogP contribution < -0.4 is 10.4 Å². The first kappa shape index (κ1) is 24.1. The van der Waals surface area contributed by atoms with Gasteiger partial charge in [-0.3, -0.25) is 0 Å². The van der Waals surface area contributed by atoms with Gasteiger partial charge < -0.3 is 9.53 Å². The Kier molecular flexibility index (Phi) is 8.19. The summed E-state index contributed by atoms with van der Waals surface area (Å²) in [6.07, 6.45) is 0.997. The van der Waals surface area contributed by atoms with Crippen LogP contribution in [0.1, 0.15) is 32.8 Å². The van der Waals surface area contributed by atoms with Gasteiger partial charge in [-0.05, 0) is 33.5 Å². The molecule has 1 atom stereocenters. The first-order chi connectivity index (χ1) is 15.3. The van der Waals surface area contributed by atoms with Crippen LogP contribution in [-0.2, 0) is 10.8 Å². The molecule has 0 saturated carbocycles. The van der Waals surface area contributed by atoms with E-state index in [1.807, 2.05) is 42.5 Å². The minimum absolute atomic E-state index is 0.120. The summed E-state index contributed by atoms with van der Waals surface area (Å²) in [5.74, 6) is -0.500. The van der Waals surface area contributed by atoms with Crippen molar-refractivity contribution in [2.24, 2.45) is 0 Å². The zero-order valence-electron chi connectivity index (χ0n) is 19.2. The van der Waals surface area contributed by atoms with E-state index in [0.717, 1.165) is 5.56 Å². The summed E-state index contributed by atoms with van der Waals surface area (Å²) in [4.78, 5) is 0. The lowest BCUT2D eigenvalue weighted by molar-refractivity contribution is 0.181. The van der Waals surface area contributed by atoms with E-state index in [1.54, 1.807) is 0 Å². The third-order valence-electron chi connectivity index (χ3n) is 5.78. The molecule has 0 fully saturated rings. The highest BCUT2D eigenvalue weighted by molar-refractivity contribution is 6.99. The van der Waals surface area contributed by atoms with E-state index in [1.165, 1.54) is 16.4 Å². The molecular formula is C28H33FO2Si. The Morgan fingerprint density at radius 2 is 1.34 bits per heavy atom. The highest BCUT2D eigenvalue weighted by Gasteiger charge is 2.49. The van der Waals surface area contributed by atoms with Gasteiger partial charge in [-0.1, -0.05) is 112 Å². The van der Waals surface area contributed by atoms with Crippen molar-refractivity contribution in [3.8, 4) is 0 Å². The van der Waals surface area contributed by atoms with Gasteiger partial charge in [-0.15, -0.1) is 0 Å². The maximum absolute atomic E-state index is 14.5. The van der Waals surface area contributed by atoms with E-state index in [4.69, 9.17) is 4.43 Å². The molecule has 4 heteroatoms. The van der Waals surface area contributed by atoms with Gasteiger partial charge in [0.05, 0.1) is 0 Å². The minimum Gasteiger partial charge on any atom is -0.407 e. The maximum atomic E-state index is 14.5. The highest BCUT2D eigenvalue weighted by Crippen LogP contribution is 2.36. The summed E-state index contributed by atoms with van der Waals surface area (Å²) in [7, 11) is -2.62. The van der Waals surface area contributed by atoms with Crippen molar-refractivity contribution >= 4 is 18.7 Å². The summed E-state index contributed by atoms with van der Waals surface area (Å²) >= 11 is 0. The number of halogens is 1. The van der Waals surface area contributed by atoms with Crippen molar-refractivity contribution in [3.63, 3.8) is 0 Å². The number of hydrogen-bond donors (Lipinski definition) is 1. The average molecular weight is 449 g/mol. The summed E-state index contributed by atoms with van der Waals surface area (Å²) in [6, 6.07) is 30.3. The molecule has 3 aromatic carbocycles. The SMILES string of the molecule is CC(C)(C)[Si](OCC/C=C(\F)C(O)Cc1ccccc1)(c1ccccc1)c1ccccc1. The molecule has 2 nitrogen and oxygen atoms in total. The zero-order chi connectivity index (χ0) is 23.0. The Hall–Kier alpha value is -2.53. The van der Waals surface area contributed by atoms with Crippen LogP contribution >= 0.6 is 0 Å². The molecule has 1 unspecified atom stereocenters. The summed E-state index contributed by atoms with van der Waals surface area (Å²) in [6.45, 7) is 7.05. The predicted molar refractivity (Wildman–Crippen MR) is 134 cm³/mol. The Balaban J connectivity index is 1.78. The van der Waals surface area contributed by atoms with Gasteiger partial charge >= 0.3 is 0 Å². The van der Waals surface area contributed by atoms with Gasteiger partial charge in [0.2, 0.25) is 0 Å². The third-order valence-corrected chi connectivity index (χ3v) is 10.8. The van der Waals surface area contributed by atoms with E-state index in [0.29, 0.717) is 13.0 Å². The number of rotatable bonds is 9. The van der Waals surface area contributed by atoms with Crippen LogP contribution in [0.3, 0.4) is 0 Å². The summed E-state index contributed by atoms with van der Waals surface area (Å²) < 4.78 is 21.3. The third kappa shape index (κ3) is 5.63. The van der Waals surface area contributed by atoms with Crippen LogP contribution in [0.25, 0.3) is 0 Å². The van der Waals surface area contributed by atoms with Crippen molar-refractivity contribution in [1.29, 1.82) is 0 Å². The van der Waals surface area contributed by atoms with Gasteiger partial charge in [-0.25, -0.2) is 4.39 Å². The van der Waals surface area contributed by atoms with Crippen LogP contribution in [0.15, 0.2) is 103 Å². The van der Waals surface area contributed by atoms with Crippen LogP contribution in [0.2, 0.25) is 5.04 Å². The fourth-order valence-electron chi connectivity index (χ4n) is 4.24. The van der Waals surface area contributed by atoms with E-state index < -0.39 is 20.2 Å². The molecule has 0 heterocycles. The lowest BCUT2D eigenvalue weighted by atomic mass is 10.1. The second-order valence-electron chi connectivity index (χ2n) is 9.09. The molecule has 32 heavy (non-hydrogen) atoms. The van der Waals surface area contributed by atoms with Crippen molar-refractivity contribution in [2.45, 2.75) is 44.8 Å². The van der Waals surface area contributed by atoms with Crippen LogP contribution in [0.5, 0.6) is 0 Å². The number of hydrogen-bond acceptors (Lipinski definition) is 2. The van der Waals surface area contributed by atoms with Crippen LogP contribution in [0.4, 0.5) is 4.39 Å². The van der Waals surface area contributed by atoms with Crippen molar-refractivity contribution in [1.82, 2.24) is 0 Å². The molecule has 0 radical (unpaired) electrons. The largest absolute Gasteiger partial charge is 0.407 e. The van der Waals surface area contributed by atoms with Crippen LogP contribution in [0, 0.1) is 0 Å². The minimum atomic E-state index is -2.62. The van der Waals surface area contributed by atoms with E-state index in [2.05, 4.69) is 69.3 Å². The second kappa shape index (κ2) is 10.9. The molecule has 168 valence electrons. The Bertz CT molecular complexity index is 943. The Morgan fingerprint density at radius 3 is 1.81 bits per heavy atom. The van der Waals surface area contributed by atoms with Crippen LogP contribution in [-0.4, -0.2) is 26.1 Å². The summed E-state index contributed by atoms with van der Waals surface area (Å²) in [5, 5.41) is 12.5. The van der Waals surface area contributed by atoms with E-state index >= 15 is 0 Å². The molecule has 3 aromatic rings. The topological polar surface area (TPSA) is 29.5 Å². The molecule has 0 spiro atoms. The molecule has 3 rings (SSSR count). The molecular weight excluding hydrogens is 415 g/mol. The highest BCUT2D eigenvalue weighted by atomic mass is 28.4. The maximum Gasteiger partial charge on any atom is 0.261 e. The zero-order valence-corrected chi connectivity index (χ0v) is 20.2. The molecule has 0 aromatic heterocycles. The monoisotopic (exact) mass is 448 g/mol. The Labute approximate surface area is 192 Å². The van der Waals surface area contributed by atoms with Gasteiger partial charge in [0.25, 0.3) is 8.32 Å². The predicted octanol–water partition coefficient (Wildman–Crippen LogP) is 5.41. The van der Waals surface area contributed by atoms with Crippen molar-refractivity contribution in [3.05, 3.63) is 108 Å². The second-order valence-corrected chi connectivity index (χ2v) is 13.4. The van der Waals surface area contributed by atoms with Gasteiger partial charge in [-0.2, -0.15) is 0 Å². The number of benzene rings is 3.